The van der Waals surface area contributed by atoms with E-state index in [2.05, 4.69) is 5.32 Å². The van der Waals surface area contributed by atoms with Crippen LogP contribution in [0.3, 0.4) is 0 Å². The molecule has 0 fully saturated rings. The van der Waals surface area contributed by atoms with Crippen LogP contribution in [0.5, 0.6) is 17.2 Å². The minimum atomic E-state index is -0.586. The fourth-order valence-corrected chi connectivity index (χ4v) is 2.40. The van der Waals surface area contributed by atoms with Gasteiger partial charge in [0.25, 0.3) is 5.91 Å². The maximum Gasteiger partial charge on any atom is 0.260 e. The first-order chi connectivity index (χ1) is 12.1. The van der Waals surface area contributed by atoms with E-state index in [0.29, 0.717) is 18.0 Å². The van der Waals surface area contributed by atoms with Gasteiger partial charge >= 0.3 is 0 Å². The lowest BCUT2D eigenvalue weighted by Gasteiger charge is -2.16. The second-order valence-corrected chi connectivity index (χ2v) is 5.65. The van der Waals surface area contributed by atoms with Gasteiger partial charge in [-0.25, -0.2) is 0 Å². The molecule has 0 heterocycles. The number of ether oxygens (including phenoxy) is 3. The largest absolute Gasteiger partial charge is 0.497 e. The number of nitrogens with one attached hydrogen (secondary N) is 1. The van der Waals surface area contributed by atoms with Crippen LogP contribution in [-0.2, 0) is 11.2 Å². The van der Waals surface area contributed by atoms with Crippen molar-refractivity contribution in [2.24, 2.45) is 0 Å². The Morgan fingerprint density at radius 2 is 1.68 bits per heavy atom. The van der Waals surface area contributed by atoms with Crippen LogP contribution in [0.1, 0.15) is 18.9 Å². The third-order valence-corrected chi connectivity index (χ3v) is 3.84. The first-order valence-corrected chi connectivity index (χ1v) is 8.34. The van der Waals surface area contributed by atoms with Gasteiger partial charge in [0.1, 0.15) is 5.75 Å². The smallest absolute Gasteiger partial charge is 0.260 e. The lowest BCUT2D eigenvalue weighted by atomic mass is 10.1. The molecule has 1 unspecified atom stereocenters. The van der Waals surface area contributed by atoms with Gasteiger partial charge in [0.05, 0.1) is 14.2 Å². The monoisotopic (exact) mass is 343 g/mol. The summed E-state index contributed by atoms with van der Waals surface area (Å²) in [7, 11) is 3.23. The van der Waals surface area contributed by atoms with Gasteiger partial charge in [-0.1, -0.05) is 24.3 Å². The third-order valence-electron chi connectivity index (χ3n) is 3.84. The summed E-state index contributed by atoms with van der Waals surface area (Å²) in [6.07, 6.45) is 1.17. The number of aryl methyl sites for hydroxylation is 1. The van der Waals surface area contributed by atoms with Gasteiger partial charge in [-0.2, -0.15) is 0 Å². The van der Waals surface area contributed by atoms with E-state index in [-0.39, 0.29) is 5.91 Å². The van der Waals surface area contributed by atoms with Crippen LogP contribution in [0.25, 0.3) is 0 Å². The Labute approximate surface area is 148 Å². The molecule has 1 amide bonds. The van der Waals surface area contributed by atoms with Gasteiger partial charge in [-0.05, 0) is 49.6 Å². The van der Waals surface area contributed by atoms with Gasteiger partial charge in [0.15, 0.2) is 17.6 Å². The second kappa shape index (κ2) is 9.57. The predicted octanol–water partition coefficient (Wildman–Crippen LogP) is 3.22. The fraction of sp³-hybridized carbons (Fsp3) is 0.350. The molecule has 5 heteroatoms. The number of rotatable bonds is 9. The number of hydrogen-bond donors (Lipinski definition) is 1. The van der Waals surface area contributed by atoms with E-state index in [0.717, 1.165) is 18.6 Å². The quantitative estimate of drug-likeness (QED) is 0.710. The normalized spacial score (nSPS) is 11.5. The van der Waals surface area contributed by atoms with Crippen molar-refractivity contribution in [1.29, 1.82) is 0 Å². The first-order valence-electron chi connectivity index (χ1n) is 8.34. The van der Waals surface area contributed by atoms with E-state index in [1.54, 1.807) is 33.3 Å². The molecule has 2 aromatic rings. The van der Waals surface area contributed by atoms with Crippen LogP contribution >= 0.6 is 0 Å². The van der Waals surface area contributed by atoms with Crippen LogP contribution in [0.4, 0.5) is 0 Å². The zero-order valence-electron chi connectivity index (χ0n) is 15.0. The SMILES string of the molecule is COc1ccc(CCCNC(=O)C(C)Oc2ccccc2OC)cc1. The molecular formula is C20H25NO4. The highest BCUT2D eigenvalue weighted by atomic mass is 16.5. The molecule has 2 aromatic carbocycles. The summed E-state index contributed by atoms with van der Waals surface area (Å²) >= 11 is 0. The molecule has 1 atom stereocenters. The number of carbonyl (C=O) groups is 1. The average molecular weight is 343 g/mol. The van der Waals surface area contributed by atoms with Crippen LogP contribution in [0, 0.1) is 0 Å². The minimum absolute atomic E-state index is 0.138. The van der Waals surface area contributed by atoms with Crippen molar-refractivity contribution >= 4 is 5.91 Å². The highest BCUT2D eigenvalue weighted by Crippen LogP contribution is 2.26. The summed E-state index contributed by atoms with van der Waals surface area (Å²) in [6.45, 7) is 2.33. The molecule has 134 valence electrons. The molecule has 0 bridgehead atoms. The number of methoxy groups -OCH3 is 2. The van der Waals surface area contributed by atoms with Crippen molar-refractivity contribution in [1.82, 2.24) is 5.32 Å². The van der Waals surface area contributed by atoms with Crippen molar-refractivity contribution in [3.05, 3.63) is 54.1 Å². The lowest BCUT2D eigenvalue weighted by molar-refractivity contribution is -0.127. The maximum absolute atomic E-state index is 12.1. The van der Waals surface area contributed by atoms with Gasteiger partial charge in [0.2, 0.25) is 0 Å². The first kappa shape index (κ1) is 18.6. The van der Waals surface area contributed by atoms with Gasteiger partial charge in [-0.15, -0.1) is 0 Å². The molecule has 0 saturated carbocycles. The average Bonchev–Trinajstić information content (AvgIpc) is 2.65. The molecule has 5 nitrogen and oxygen atoms in total. The number of hydrogen-bond acceptors (Lipinski definition) is 4. The molecule has 0 saturated heterocycles. The number of benzene rings is 2. The molecule has 1 N–H and O–H groups in total. The Balaban J connectivity index is 1.73. The molecule has 0 radical (unpaired) electrons. The molecular weight excluding hydrogens is 318 g/mol. The van der Waals surface area contributed by atoms with E-state index in [1.807, 2.05) is 36.4 Å². The van der Waals surface area contributed by atoms with Crippen LogP contribution in [0.2, 0.25) is 0 Å². The zero-order chi connectivity index (χ0) is 18.1. The zero-order valence-corrected chi connectivity index (χ0v) is 15.0. The Bertz CT molecular complexity index is 670. The van der Waals surface area contributed by atoms with Crippen molar-refractivity contribution in [3.63, 3.8) is 0 Å². The number of amides is 1. The summed E-state index contributed by atoms with van der Waals surface area (Å²) in [4.78, 5) is 12.1. The van der Waals surface area contributed by atoms with Gasteiger partial charge in [-0.3, -0.25) is 4.79 Å². The third kappa shape index (κ3) is 5.71. The van der Waals surface area contributed by atoms with E-state index >= 15 is 0 Å². The molecule has 0 aliphatic carbocycles. The lowest BCUT2D eigenvalue weighted by Crippen LogP contribution is -2.37. The fourth-order valence-electron chi connectivity index (χ4n) is 2.40. The number of para-hydroxylation sites is 2. The van der Waals surface area contributed by atoms with E-state index in [9.17, 15) is 4.79 Å². The van der Waals surface area contributed by atoms with Crippen molar-refractivity contribution in [2.75, 3.05) is 20.8 Å². The van der Waals surface area contributed by atoms with Gasteiger partial charge in [0, 0.05) is 6.54 Å². The van der Waals surface area contributed by atoms with E-state index < -0.39 is 6.10 Å². The second-order valence-electron chi connectivity index (χ2n) is 5.65. The molecule has 0 aliphatic rings. The Kier molecular flexibility index (Phi) is 7.14. The highest BCUT2D eigenvalue weighted by molar-refractivity contribution is 5.80. The molecule has 25 heavy (non-hydrogen) atoms. The molecule has 0 aromatic heterocycles. The Morgan fingerprint density at radius 1 is 1.00 bits per heavy atom. The van der Waals surface area contributed by atoms with Crippen LogP contribution in [0.15, 0.2) is 48.5 Å². The number of carbonyl (C=O) groups excluding carboxylic acids is 1. The standard InChI is InChI=1S/C20H25NO4/c1-15(25-19-9-5-4-8-18(19)24-3)20(22)21-14-6-7-16-10-12-17(23-2)13-11-16/h4-5,8-13,15H,6-7,14H2,1-3H3,(H,21,22). The van der Waals surface area contributed by atoms with Crippen molar-refractivity contribution < 1.29 is 19.0 Å². The van der Waals surface area contributed by atoms with Crippen LogP contribution in [-0.4, -0.2) is 32.8 Å². The highest BCUT2D eigenvalue weighted by Gasteiger charge is 2.15. The topological polar surface area (TPSA) is 56.8 Å². The summed E-state index contributed by atoms with van der Waals surface area (Å²) in [5, 5.41) is 2.90. The summed E-state index contributed by atoms with van der Waals surface area (Å²) in [5.74, 6) is 1.88. The molecule has 0 aliphatic heterocycles. The predicted molar refractivity (Wildman–Crippen MR) is 97.4 cm³/mol. The van der Waals surface area contributed by atoms with Crippen molar-refractivity contribution in [2.45, 2.75) is 25.9 Å². The van der Waals surface area contributed by atoms with Gasteiger partial charge < -0.3 is 19.5 Å². The van der Waals surface area contributed by atoms with Crippen molar-refractivity contribution in [3.8, 4) is 17.2 Å². The molecule has 0 spiro atoms. The maximum atomic E-state index is 12.1. The Hall–Kier alpha value is -2.69. The Morgan fingerprint density at radius 3 is 2.32 bits per heavy atom. The van der Waals surface area contributed by atoms with Crippen LogP contribution < -0.4 is 19.5 Å². The summed E-state index contributed by atoms with van der Waals surface area (Å²) in [6, 6.07) is 15.2. The van der Waals surface area contributed by atoms with E-state index in [1.165, 1.54) is 5.56 Å². The minimum Gasteiger partial charge on any atom is -0.497 e. The van der Waals surface area contributed by atoms with E-state index in [4.69, 9.17) is 14.2 Å². The molecule has 2 rings (SSSR count). The summed E-state index contributed by atoms with van der Waals surface area (Å²) in [5.41, 5.74) is 1.22. The summed E-state index contributed by atoms with van der Waals surface area (Å²) < 4.78 is 16.1.